The molecule has 6 heteroatoms. The third-order valence-corrected chi connectivity index (χ3v) is 2.52. The van der Waals surface area contributed by atoms with E-state index >= 15 is 0 Å². The fourth-order valence-electron chi connectivity index (χ4n) is 1.40. The average Bonchev–Trinajstić information content (AvgIpc) is 2.40. The summed E-state index contributed by atoms with van der Waals surface area (Å²) in [6, 6.07) is 7.99. The Morgan fingerprint density at radius 1 is 1.20 bits per heavy atom. The predicted molar refractivity (Wildman–Crippen MR) is 78.8 cm³/mol. The van der Waals surface area contributed by atoms with Crippen molar-refractivity contribution in [2.75, 3.05) is 23.7 Å². The molecule has 0 radical (unpaired) electrons. The van der Waals surface area contributed by atoms with E-state index in [9.17, 15) is 9.59 Å². The highest BCUT2D eigenvalue weighted by molar-refractivity contribution is 6.11. The molecule has 1 aromatic carbocycles. The van der Waals surface area contributed by atoms with Gasteiger partial charge in [-0.1, -0.05) is 12.6 Å². The van der Waals surface area contributed by atoms with Crippen molar-refractivity contribution in [3.8, 4) is 0 Å². The Bertz CT molecular complexity index is 466. The van der Waals surface area contributed by atoms with Crippen LogP contribution in [0.5, 0.6) is 0 Å². The maximum atomic E-state index is 9.66. The summed E-state index contributed by atoms with van der Waals surface area (Å²) >= 11 is 0. The third-order valence-electron chi connectivity index (χ3n) is 2.52. The minimum absolute atomic E-state index is 0.815. The Morgan fingerprint density at radius 2 is 1.70 bits per heavy atom. The van der Waals surface area contributed by atoms with E-state index < -0.39 is 17.5 Å². The van der Waals surface area contributed by atoms with E-state index in [1.807, 2.05) is 18.2 Å². The Hall–Kier alpha value is -2.50. The summed E-state index contributed by atoms with van der Waals surface area (Å²) in [4.78, 5) is 21.6. The number of rotatable bonds is 5. The minimum atomic E-state index is -1.50. The Labute approximate surface area is 118 Å². The smallest absolute Gasteiger partial charge is 0.342 e. The number of hydrogen-bond donors (Lipinski definition) is 3. The van der Waals surface area contributed by atoms with Crippen LogP contribution in [-0.4, -0.2) is 35.2 Å². The molecule has 0 saturated heterocycles. The standard InChI is InChI=1S/C10H16N2.C4H4O4/c1-3-12(4-2)10-7-5-6-9(11)8-10;1-2(3(5)6)4(7)8/h5-8H,3-4,11H2,1-2H3;1H2,(H,5,6)(H,7,8). The molecule has 20 heavy (non-hydrogen) atoms. The van der Waals surface area contributed by atoms with E-state index in [4.69, 9.17) is 15.9 Å². The molecule has 6 nitrogen and oxygen atoms in total. The number of carbonyl (C=O) groups is 2. The van der Waals surface area contributed by atoms with Gasteiger partial charge in [-0.25, -0.2) is 9.59 Å². The highest BCUT2D eigenvalue weighted by Gasteiger charge is 2.10. The normalized spacial score (nSPS) is 9.10. The molecule has 0 unspecified atom stereocenters. The van der Waals surface area contributed by atoms with Crippen molar-refractivity contribution >= 4 is 23.3 Å². The number of hydrogen-bond acceptors (Lipinski definition) is 4. The molecule has 0 bridgehead atoms. The molecule has 0 saturated carbocycles. The highest BCUT2D eigenvalue weighted by atomic mass is 16.4. The van der Waals surface area contributed by atoms with Gasteiger partial charge in [0.15, 0.2) is 0 Å². The highest BCUT2D eigenvalue weighted by Crippen LogP contribution is 2.16. The molecule has 1 rings (SSSR count). The van der Waals surface area contributed by atoms with Crippen LogP contribution >= 0.6 is 0 Å². The second-order valence-corrected chi connectivity index (χ2v) is 3.86. The first-order valence-electron chi connectivity index (χ1n) is 6.09. The Kier molecular flexibility index (Phi) is 7.50. The van der Waals surface area contributed by atoms with E-state index in [1.54, 1.807) is 0 Å². The molecule has 0 amide bonds. The summed E-state index contributed by atoms with van der Waals surface area (Å²) in [6.07, 6.45) is 0. The van der Waals surface area contributed by atoms with Crippen LogP contribution in [0.1, 0.15) is 13.8 Å². The molecular formula is C14H20N2O4. The summed E-state index contributed by atoms with van der Waals surface area (Å²) in [7, 11) is 0. The van der Waals surface area contributed by atoms with Crippen LogP contribution in [0.15, 0.2) is 36.4 Å². The van der Waals surface area contributed by atoms with E-state index in [-0.39, 0.29) is 0 Å². The number of benzene rings is 1. The van der Waals surface area contributed by atoms with Crippen LogP contribution in [0.2, 0.25) is 0 Å². The van der Waals surface area contributed by atoms with Crippen LogP contribution in [0.4, 0.5) is 11.4 Å². The molecule has 0 fully saturated rings. The van der Waals surface area contributed by atoms with Crippen molar-refractivity contribution in [2.24, 2.45) is 0 Å². The monoisotopic (exact) mass is 280 g/mol. The fraction of sp³-hybridized carbons (Fsp3) is 0.286. The van der Waals surface area contributed by atoms with Crippen molar-refractivity contribution in [1.82, 2.24) is 0 Å². The number of anilines is 2. The quantitative estimate of drug-likeness (QED) is 0.329. The van der Waals surface area contributed by atoms with Crippen LogP contribution in [0, 0.1) is 0 Å². The van der Waals surface area contributed by atoms with Crippen molar-refractivity contribution in [3.05, 3.63) is 36.4 Å². The Morgan fingerprint density at radius 3 is 2.00 bits per heavy atom. The van der Waals surface area contributed by atoms with Gasteiger partial charge in [0.05, 0.1) is 0 Å². The zero-order valence-corrected chi connectivity index (χ0v) is 11.7. The van der Waals surface area contributed by atoms with Gasteiger partial charge in [-0.3, -0.25) is 0 Å². The summed E-state index contributed by atoms with van der Waals surface area (Å²) in [6.45, 7) is 9.10. The number of nitrogens with two attached hydrogens (primary N) is 1. The molecule has 4 N–H and O–H groups in total. The van der Waals surface area contributed by atoms with E-state index in [0.29, 0.717) is 0 Å². The number of carboxylic acid groups (broad SMARTS) is 2. The zero-order chi connectivity index (χ0) is 15.7. The first kappa shape index (κ1) is 17.5. The molecule has 0 spiro atoms. The average molecular weight is 280 g/mol. The molecule has 0 aliphatic heterocycles. The number of nitrogens with zero attached hydrogens (tertiary/aromatic N) is 1. The molecule has 0 atom stereocenters. The van der Waals surface area contributed by atoms with Crippen LogP contribution in [-0.2, 0) is 9.59 Å². The van der Waals surface area contributed by atoms with Crippen molar-refractivity contribution in [2.45, 2.75) is 13.8 Å². The lowest BCUT2D eigenvalue weighted by molar-refractivity contribution is -0.140. The topological polar surface area (TPSA) is 104 Å². The van der Waals surface area contributed by atoms with Crippen LogP contribution < -0.4 is 10.6 Å². The van der Waals surface area contributed by atoms with Gasteiger partial charge >= 0.3 is 11.9 Å². The third kappa shape index (κ3) is 5.90. The summed E-state index contributed by atoms with van der Waals surface area (Å²) < 4.78 is 0. The van der Waals surface area contributed by atoms with Gasteiger partial charge in [-0.15, -0.1) is 0 Å². The number of carboxylic acids is 2. The van der Waals surface area contributed by atoms with E-state index in [0.717, 1.165) is 18.8 Å². The van der Waals surface area contributed by atoms with Crippen LogP contribution in [0.25, 0.3) is 0 Å². The first-order valence-corrected chi connectivity index (χ1v) is 6.09. The van der Waals surface area contributed by atoms with Gasteiger partial charge in [-0.2, -0.15) is 0 Å². The molecule has 0 aliphatic carbocycles. The predicted octanol–water partition coefficient (Wildman–Crippen LogP) is 1.83. The fourth-order valence-corrected chi connectivity index (χ4v) is 1.40. The molecular weight excluding hydrogens is 260 g/mol. The molecule has 110 valence electrons. The SMILES string of the molecule is C=C(C(=O)O)C(=O)O.CCN(CC)c1cccc(N)c1. The molecule has 0 aliphatic rings. The van der Waals surface area contributed by atoms with Crippen LogP contribution in [0.3, 0.4) is 0 Å². The second kappa shape index (κ2) is 8.58. The lowest BCUT2D eigenvalue weighted by Gasteiger charge is -2.20. The van der Waals surface area contributed by atoms with Gasteiger partial charge in [0.2, 0.25) is 0 Å². The summed E-state index contributed by atoms with van der Waals surface area (Å²) in [5, 5.41) is 15.7. The van der Waals surface area contributed by atoms with Crippen molar-refractivity contribution < 1.29 is 19.8 Å². The molecule has 0 heterocycles. The lowest BCUT2D eigenvalue weighted by Crippen LogP contribution is -2.21. The summed E-state index contributed by atoms with van der Waals surface area (Å²) in [5.41, 5.74) is 6.91. The summed E-state index contributed by atoms with van der Waals surface area (Å²) in [5.74, 6) is -3.00. The van der Waals surface area contributed by atoms with Gasteiger partial charge < -0.3 is 20.8 Å². The second-order valence-electron chi connectivity index (χ2n) is 3.86. The van der Waals surface area contributed by atoms with Gasteiger partial charge in [0.1, 0.15) is 5.57 Å². The minimum Gasteiger partial charge on any atom is -0.477 e. The lowest BCUT2D eigenvalue weighted by atomic mass is 10.2. The van der Waals surface area contributed by atoms with E-state index in [2.05, 4.69) is 31.4 Å². The molecule has 0 aromatic heterocycles. The number of aliphatic carboxylic acids is 2. The van der Waals surface area contributed by atoms with Gasteiger partial charge in [-0.05, 0) is 32.0 Å². The molecule has 1 aromatic rings. The largest absolute Gasteiger partial charge is 0.477 e. The Balaban J connectivity index is 0.000000396. The van der Waals surface area contributed by atoms with Gasteiger partial charge in [0.25, 0.3) is 0 Å². The first-order chi connectivity index (χ1) is 9.33. The maximum Gasteiger partial charge on any atom is 0.342 e. The number of nitrogen functional groups attached to an aromatic ring is 1. The zero-order valence-electron chi connectivity index (χ0n) is 11.7. The maximum absolute atomic E-state index is 9.66. The van der Waals surface area contributed by atoms with Crippen molar-refractivity contribution in [1.29, 1.82) is 0 Å². The van der Waals surface area contributed by atoms with E-state index in [1.165, 1.54) is 5.69 Å². The van der Waals surface area contributed by atoms with Gasteiger partial charge in [0, 0.05) is 24.5 Å². The van der Waals surface area contributed by atoms with Crippen molar-refractivity contribution in [3.63, 3.8) is 0 Å².